The molecule has 0 saturated heterocycles. The molecule has 1 aromatic heterocycles. The average Bonchev–Trinajstić information content (AvgIpc) is 3.33. The standard InChI is InChI=1S/C29H30N4O3/c1-17(2)25(27-30-22-11-7-8-12-23(22)31-27)32-28(34)24-20-9-5-6-10-21(20)29(35)33(3)26(24)18-13-15-19(36-4)16-14-18/h5-17,24-26H,1-4H3,(H,30,31)(H,32,34)/t24-,25+,26+/m1/s1. The molecule has 5 rings (SSSR count). The lowest BCUT2D eigenvalue weighted by Crippen LogP contribution is -2.46. The van der Waals surface area contributed by atoms with E-state index in [-0.39, 0.29) is 23.8 Å². The van der Waals surface area contributed by atoms with Gasteiger partial charge >= 0.3 is 0 Å². The quantitative estimate of drug-likeness (QED) is 0.405. The second kappa shape index (κ2) is 9.49. The number of hydrogen-bond donors (Lipinski definition) is 2. The number of amides is 2. The van der Waals surface area contributed by atoms with Gasteiger partial charge in [-0.15, -0.1) is 0 Å². The van der Waals surface area contributed by atoms with Crippen LogP contribution in [0.2, 0.25) is 0 Å². The van der Waals surface area contributed by atoms with E-state index in [4.69, 9.17) is 9.72 Å². The minimum absolute atomic E-state index is 0.0899. The molecule has 7 nitrogen and oxygen atoms in total. The number of aromatic nitrogens is 2. The van der Waals surface area contributed by atoms with Gasteiger partial charge < -0.3 is 19.9 Å². The Bertz CT molecular complexity index is 1380. The van der Waals surface area contributed by atoms with Crippen LogP contribution < -0.4 is 10.1 Å². The molecule has 1 aliphatic heterocycles. The first-order valence-electron chi connectivity index (χ1n) is 12.1. The Balaban J connectivity index is 1.56. The number of fused-ring (bicyclic) bond motifs is 2. The van der Waals surface area contributed by atoms with Crippen molar-refractivity contribution in [2.45, 2.75) is 31.8 Å². The molecule has 4 aromatic rings. The predicted octanol–water partition coefficient (Wildman–Crippen LogP) is 5.00. The highest BCUT2D eigenvalue weighted by molar-refractivity contribution is 6.01. The summed E-state index contributed by atoms with van der Waals surface area (Å²) in [5.41, 5.74) is 3.93. The van der Waals surface area contributed by atoms with Crippen molar-refractivity contribution >= 4 is 22.8 Å². The number of carbonyl (C=O) groups is 2. The van der Waals surface area contributed by atoms with Gasteiger partial charge in [0.05, 0.1) is 36.1 Å². The zero-order chi connectivity index (χ0) is 25.4. The van der Waals surface area contributed by atoms with E-state index in [9.17, 15) is 9.59 Å². The van der Waals surface area contributed by atoms with Crippen LogP contribution in [-0.4, -0.2) is 40.8 Å². The summed E-state index contributed by atoms with van der Waals surface area (Å²) in [5.74, 6) is 0.675. The van der Waals surface area contributed by atoms with Crippen molar-refractivity contribution in [2.75, 3.05) is 14.2 Å². The Hall–Kier alpha value is -4.13. The number of imidazole rings is 1. The second-order valence-corrected chi connectivity index (χ2v) is 9.57. The largest absolute Gasteiger partial charge is 0.497 e. The van der Waals surface area contributed by atoms with E-state index >= 15 is 0 Å². The van der Waals surface area contributed by atoms with Crippen molar-refractivity contribution in [3.8, 4) is 5.75 Å². The number of aromatic amines is 1. The number of H-pyrrole nitrogens is 1. The third kappa shape index (κ3) is 4.11. The molecule has 0 unspecified atom stereocenters. The Morgan fingerprint density at radius 2 is 1.72 bits per heavy atom. The van der Waals surface area contributed by atoms with E-state index in [0.717, 1.165) is 27.9 Å². The molecule has 7 heteroatoms. The topological polar surface area (TPSA) is 87.3 Å². The number of para-hydroxylation sites is 2. The fraction of sp³-hybridized carbons (Fsp3) is 0.276. The first kappa shape index (κ1) is 23.6. The van der Waals surface area contributed by atoms with Gasteiger partial charge in [0.1, 0.15) is 11.6 Å². The van der Waals surface area contributed by atoms with Crippen LogP contribution in [0.1, 0.15) is 59.2 Å². The van der Waals surface area contributed by atoms with Crippen LogP contribution in [0.4, 0.5) is 0 Å². The van der Waals surface area contributed by atoms with Crippen LogP contribution in [0.3, 0.4) is 0 Å². The molecule has 0 radical (unpaired) electrons. The van der Waals surface area contributed by atoms with E-state index < -0.39 is 12.0 Å². The zero-order valence-electron chi connectivity index (χ0n) is 20.9. The molecule has 184 valence electrons. The minimum atomic E-state index is -0.595. The second-order valence-electron chi connectivity index (χ2n) is 9.57. The van der Waals surface area contributed by atoms with Gasteiger partial charge in [0.15, 0.2) is 0 Å². The van der Waals surface area contributed by atoms with Crippen molar-refractivity contribution < 1.29 is 14.3 Å². The molecule has 0 fully saturated rings. The van der Waals surface area contributed by atoms with E-state index in [1.807, 2.05) is 66.7 Å². The van der Waals surface area contributed by atoms with E-state index in [2.05, 4.69) is 24.1 Å². The molecule has 2 heterocycles. The minimum Gasteiger partial charge on any atom is -0.497 e. The first-order valence-corrected chi connectivity index (χ1v) is 12.1. The predicted molar refractivity (Wildman–Crippen MR) is 139 cm³/mol. The summed E-state index contributed by atoms with van der Waals surface area (Å²) in [5, 5.41) is 3.27. The number of likely N-dealkylation sites (N-methyl/N-ethyl adjacent to an activating group) is 1. The van der Waals surface area contributed by atoms with Gasteiger partial charge in [-0.3, -0.25) is 9.59 Å². The monoisotopic (exact) mass is 482 g/mol. The van der Waals surface area contributed by atoms with E-state index in [1.54, 1.807) is 25.1 Å². The molecule has 1 aliphatic rings. The molecular weight excluding hydrogens is 452 g/mol. The van der Waals surface area contributed by atoms with Crippen LogP contribution in [0.5, 0.6) is 5.75 Å². The molecule has 0 saturated carbocycles. The molecule has 0 spiro atoms. The Labute approximate surface area is 210 Å². The van der Waals surface area contributed by atoms with Crippen LogP contribution >= 0.6 is 0 Å². The number of nitrogens with zero attached hydrogens (tertiary/aromatic N) is 2. The number of methoxy groups -OCH3 is 1. The molecular formula is C29H30N4O3. The maximum atomic E-state index is 14.1. The van der Waals surface area contributed by atoms with E-state index in [1.165, 1.54) is 0 Å². The van der Waals surface area contributed by atoms with E-state index in [0.29, 0.717) is 11.4 Å². The fourth-order valence-electron chi connectivity index (χ4n) is 5.09. The SMILES string of the molecule is COc1ccc([C@H]2[C@H](C(=O)N[C@H](c3nc4ccccc4[nH]3)C(C)C)c3ccccc3C(=O)N2C)cc1. The Kier molecular flexibility index (Phi) is 6.22. The molecule has 0 aliphatic carbocycles. The summed E-state index contributed by atoms with van der Waals surface area (Å²) in [6, 6.07) is 22.0. The van der Waals surface area contributed by atoms with Crippen LogP contribution in [0, 0.1) is 5.92 Å². The molecule has 2 N–H and O–H groups in total. The van der Waals surface area contributed by atoms with Crippen molar-refractivity contribution in [2.24, 2.45) is 5.92 Å². The molecule has 3 aromatic carbocycles. The van der Waals surface area contributed by atoms with Crippen molar-refractivity contribution in [1.82, 2.24) is 20.2 Å². The van der Waals surface area contributed by atoms with Gasteiger partial charge in [0.2, 0.25) is 5.91 Å². The summed E-state index contributed by atoms with van der Waals surface area (Å²) >= 11 is 0. The van der Waals surface area contributed by atoms with Gasteiger partial charge in [0, 0.05) is 12.6 Å². The lowest BCUT2D eigenvalue weighted by molar-refractivity contribution is -0.125. The number of nitrogens with one attached hydrogen (secondary N) is 2. The summed E-state index contributed by atoms with van der Waals surface area (Å²) in [4.78, 5) is 37.2. The van der Waals surface area contributed by atoms with Gasteiger partial charge in [-0.2, -0.15) is 0 Å². The number of benzene rings is 3. The van der Waals surface area contributed by atoms with Crippen molar-refractivity contribution in [1.29, 1.82) is 0 Å². The van der Waals surface area contributed by atoms with Crippen molar-refractivity contribution in [3.05, 3.63) is 95.3 Å². The lowest BCUT2D eigenvalue weighted by Gasteiger charge is -2.40. The summed E-state index contributed by atoms with van der Waals surface area (Å²) < 4.78 is 5.32. The summed E-state index contributed by atoms with van der Waals surface area (Å²) in [7, 11) is 3.37. The Morgan fingerprint density at radius 3 is 2.42 bits per heavy atom. The highest BCUT2D eigenvalue weighted by Crippen LogP contribution is 2.43. The fourth-order valence-corrected chi connectivity index (χ4v) is 5.09. The normalized spacial score (nSPS) is 18.2. The van der Waals surface area contributed by atoms with Crippen LogP contribution in [0.15, 0.2) is 72.8 Å². The van der Waals surface area contributed by atoms with Gasteiger partial charge in [-0.1, -0.05) is 56.3 Å². The smallest absolute Gasteiger partial charge is 0.254 e. The zero-order valence-corrected chi connectivity index (χ0v) is 20.9. The van der Waals surface area contributed by atoms with Gasteiger partial charge in [-0.25, -0.2) is 4.98 Å². The Morgan fingerprint density at radius 1 is 1.03 bits per heavy atom. The maximum absolute atomic E-state index is 14.1. The molecule has 36 heavy (non-hydrogen) atoms. The number of ether oxygens (including phenoxy) is 1. The lowest BCUT2D eigenvalue weighted by atomic mass is 9.79. The molecule has 0 bridgehead atoms. The third-order valence-electron chi connectivity index (χ3n) is 6.99. The molecule has 3 atom stereocenters. The highest BCUT2D eigenvalue weighted by Gasteiger charge is 2.43. The van der Waals surface area contributed by atoms with Crippen molar-refractivity contribution in [3.63, 3.8) is 0 Å². The summed E-state index contributed by atoms with van der Waals surface area (Å²) in [6.07, 6.45) is 0. The number of rotatable bonds is 6. The summed E-state index contributed by atoms with van der Waals surface area (Å²) in [6.45, 7) is 4.12. The van der Waals surface area contributed by atoms with Gasteiger partial charge in [0.25, 0.3) is 5.91 Å². The van der Waals surface area contributed by atoms with Crippen LogP contribution in [0.25, 0.3) is 11.0 Å². The number of hydrogen-bond acceptors (Lipinski definition) is 4. The first-order chi connectivity index (χ1) is 17.4. The number of carbonyl (C=O) groups excluding carboxylic acids is 2. The maximum Gasteiger partial charge on any atom is 0.254 e. The van der Waals surface area contributed by atoms with Gasteiger partial charge in [-0.05, 0) is 47.4 Å². The highest BCUT2D eigenvalue weighted by atomic mass is 16.5. The van der Waals surface area contributed by atoms with Crippen LogP contribution in [-0.2, 0) is 4.79 Å². The average molecular weight is 483 g/mol. The molecule has 2 amide bonds. The third-order valence-corrected chi connectivity index (χ3v) is 6.99.